The molecule has 1 saturated heterocycles. The summed E-state index contributed by atoms with van der Waals surface area (Å²) in [6.45, 7) is 0.554. The van der Waals surface area contributed by atoms with Gasteiger partial charge >= 0.3 is 37.0 Å². The molecule has 1 aliphatic heterocycles. The predicted molar refractivity (Wildman–Crippen MR) is 120 cm³/mol. The Hall–Kier alpha value is -1.28. The van der Waals surface area contributed by atoms with Crippen molar-refractivity contribution in [2.45, 2.75) is 32.1 Å². The summed E-state index contributed by atoms with van der Waals surface area (Å²) in [5.74, 6) is 4.49. The number of nitrogen functional groups attached to an aromatic ring is 1. The molecule has 0 saturated carbocycles. The molecule has 0 bridgehead atoms. The topological polar surface area (TPSA) is 297 Å². The Labute approximate surface area is 208 Å². The zero-order valence-electron chi connectivity index (χ0n) is 18.7. The van der Waals surface area contributed by atoms with E-state index in [1.165, 1.54) is 6.20 Å². The smallest absolute Gasteiger partial charge is 0.382 e. The summed E-state index contributed by atoms with van der Waals surface area (Å²) in [5.41, 5.74) is 4.96. The standard InChI is InChI=1S/C14H23N3O16P4/c1-9-6-12(31-11(9)8-30-36(25,26)33-37(27,28)32-35(22,23)24)17-7-10(13(15)16-14(17)18)4-2-3-5-29-34(19,20)21/h7,9,11-12H,3,5-6,8H2,1H3,(H,25,26)(H,27,28)(H2,15,16,18)(H2,19,20,21)(H2,22,23,24). The minimum atomic E-state index is -5.68. The largest absolute Gasteiger partial charge is 0.490 e. The molecule has 0 amide bonds. The number of phosphoric ester groups is 2. The van der Waals surface area contributed by atoms with Crippen molar-refractivity contribution in [2.75, 3.05) is 18.9 Å². The Morgan fingerprint density at radius 3 is 2.32 bits per heavy atom. The Morgan fingerprint density at radius 1 is 1.08 bits per heavy atom. The van der Waals surface area contributed by atoms with E-state index >= 15 is 0 Å². The van der Waals surface area contributed by atoms with Crippen molar-refractivity contribution in [3.8, 4) is 11.8 Å². The lowest BCUT2D eigenvalue weighted by Crippen LogP contribution is -2.29. The zero-order valence-corrected chi connectivity index (χ0v) is 22.2. The second-order valence-electron chi connectivity index (χ2n) is 7.33. The molecule has 1 fully saturated rings. The van der Waals surface area contributed by atoms with Crippen LogP contribution in [0.4, 0.5) is 5.82 Å². The van der Waals surface area contributed by atoms with Crippen LogP contribution in [0.2, 0.25) is 0 Å². The SMILES string of the molecule is CC1CC(n2cc(C#CCCOP(=O)(O)O)c(N)nc2=O)OC1COP(=O)(O)OP(=O)(O)OP(=O)(O)O. The first kappa shape index (κ1) is 31.9. The minimum Gasteiger partial charge on any atom is -0.382 e. The molecule has 5 atom stereocenters. The summed E-state index contributed by atoms with van der Waals surface area (Å²) in [4.78, 5) is 69.1. The highest BCUT2D eigenvalue weighted by Crippen LogP contribution is 2.66. The van der Waals surface area contributed by atoms with Gasteiger partial charge in [-0.3, -0.25) is 13.6 Å². The normalized spacial score (nSPS) is 23.6. The van der Waals surface area contributed by atoms with Crippen LogP contribution >= 0.6 is 31.3 Å². The van der Waals surface area contributed by atoms with E-state index in [1.807, 2.05) is 0 Å². The molecule has 1 aromatic heterocycles. The summed E-state index contributed by atoms with van der Waals surface area (Å²) in [6.07, 6.45) is -0.617. The molecule has 0 aromatic carbocycles. The van der Waals surface area contributed by atoms with Gasteiger partial charge in [0.2, 0.25) is 0 Å². The lowest BCUT2D eigenvalue weighted by atomic mass is 10.0. The van der Waals surface area contributed by atoms with Gasteiger partial charge in [-0.15, -0.1) is 0 Å². The maximum absolute atomic E-state index is 12.3. The Morgan fingerprint density at radius 2 is 1.73 bits per heavy atom. The van der Waals surface area contributed by atoms with Gasteiger partial charge in [0, 0.05) is 12.6 Å². The maximum atomic E-state index is 12.3. The van der Waals surface area contributed by atoms with E-state index in [1.54, 1.807) is 6.92 Å². The van der Waals surface area contributed by atoms with Crippen LogP contribution in [0.3, 0.4) is 0 Å². The Balaban J connectivity index is 2.06. The van der Waals surface area contributed by atoms with E-state index in [0.29, 0.717) is 0 Å². The van der Waals surface area contributed by atoms with Gasteiger partial charge in [-0.1, -0.05) is 18.8 Å². The highest BCUT2D eigenvalue weighted by Gasteiger charge is 2.42. The van der Waals surface area contributed by atoms with Gasteiger partial charge in [-0.25, -0.2) is 23.1 Å². The van der Waals surface area contributed by atoms with Crippen LogP contribution in [-0.4, -0.2) is 58.2 Å². The van der Waals surface area contributed by atoms with E-state index in [4.69, 9.17) is 30.0 Å². The Kier molecular flexibility index (Phi) is 10.6. The van der Waals surface area contributed by atoms with Crippen molar-refractivity contribution in [3.63, 3.8) is 0 Å². The number of nitrogens with zero attached hydrogens (tertiary/aromatic N) is 2. The molecule has 19 nitrogen and oxygen atoms in total. The average molecular weight is 613 g/mol. The number of rotatable bonds is 11. The van der Waals surface area contributed by atoms with Crippen LogP contribution in [0.25, 0.3) is 0 Å². The van der Waals surface area contributed by atoms with Crippen molar-refractivity contribution < 1.29 is 70.0 Å². The van der Waals surface area contributed by atoms with Crippen molar-refractivity contribution in [3.05, 3.63) is 22.2 Å². The molecule has 0 radical (unpaired) electrons. The molecule has 5 unspecified atom stereocenters. The predicted octanol–water partition coefficient (Wildman–Crippen LogP) is -0.0567. The van der Waals surface area contributed by atoms with E-state index < -0.39 is 61.8 Å². The molecule has 37 heavy (non-hydrogen) atoms. The third-order valence-electron chi connectivity index (χ3n) is 4.36. The summed E-state index contributed by atoms with van der Waals surface area (Å²) in [7, 11) is -21.2. The number of aromatic nitrogens is 2. The molecular formula is C14H23N3O16P4. The van der Waals surface area contributed by atoms with Crippen LogP contribution < -0.4 is 11.4 Å². The number of nitrogens with two attached hydrogens (primary N) is 1. The Bertz CT molecular complexity index is 1290. The number of ether oxygens (including phenoxy) is 1. The van der Waals surface area contributed by atoms with Crippen molar-refractivity contribution >= 4 is 37.1 Å². The highest BCUT2D eigenvalue weighted by atomic mass is 31.3. The average Bonchev–Trinajstić information content (AvgIpc) is 3.04. The van der Waals surface area contributed by atoms with E-state index in [-0.39, 0.29) is 30.8 Å². The first-order valence-corrected chi connectivity index (χ1v) is 15.8. The van der Waals surface area contributed by atoms with Crippen LogP contribution in [-0.2, 0) is 40.7 Å². The molecule has 2 rings (SSSR count). The number of phosphoric acid groups is 4. The van der Waals surface area contributed by atoms with Crippen LogP contribution in [0, 0.1) is 17.8 Å². The molecule has 210 valence electrons. The molecule has 23 heteroatoms. The lowest BCUT2D eigenvalue weighted by molar-refractivity contribution is -0.0307. The maximum Gasteiger partial charge on any atom is 0.490 e. The van der Waals surface area contributed by atoms with Gasteiger partial charge in [-0.2, -0.15) is 13.6 Å². The van der Waals surface area contributed by atoms with Crippen LogP contribution in [0.15, 0.2) is 11.0 Å². The fourth-order valence-electron chi connectivity index (χ4n) is 2.87. The third-order valence-corrected chi connectivity index (χ3v) is 8.68. The van der Waals surface area contributed by atoms with E-state index in [9.17, 15) is 32.8 Å². The molecule has 1 aliphatic rings. The molecule has 8 N–H and O–H groups in total. The zero-order chi connectivity index (χ0) is 28.2. The summed E-state index contributed by atoms with van der Waals surface area (Å²) < 4.78 is 67.4. The van der Waals surface area contributed by atoms with Crippen LogP contribution in [0.1, 0.15) is 31.6 Å². The fraction of sp³-hybridized carbons (Fsp3) is 0.571. The molecule has 1 aromatic rings. The number of anilines is 1. The van der Waals surface area contributed by atoms with Crippen LogP contribution in [0.5, 0.6) is 0 Å². The molecule has 0 spiro atoms. The monoisotopic (exact) mass is 613 g/mol. The van der Waals surface area contributed by atoms with Crippen molar-refractivity contribution in [1.29, 1.82) is 0 Å². The van der Waals surface area contributed by atoms with E-state index in [0.717, 1.165) is 4.57 Å². The van der Waals surface area contributed by atoms with Gasteiger partial charge in [0.05, 0.1) is 24.9 Å². The molecule has 2 heterocycles. The molecule has 0 aliphatic carbocycles. The van der Waals surface area contributed by atoms with Gasteiger partial charge in [-0.05, 0) is 12.3 Å². The summed E-state index contributed by atoms with van der Waals surface area (Å²) in [5, 5.41) is 0. The molecular weight excluding hydrogens is 590 g/mol. The minimum absolute atomic E-state index is 0.0800. The second kappa shape index (κ2) is 12.3. The van der Waals surface area contributed by atoms with Gasteiger partial charge in [0.25, 0.3) is 0 Å². The second-order valence-corrected chi connectivity index (χ2v) is 13.0. The lowest BCUT2D eigenvalue weighted by Gasteiger charge is -2.20. The van der Waals surface area contributed by atoms with Gasteiger partial charge in [0.1, 0.15) is 12.0 Å². The quantitative estimate of drug-likeness (QED) is 0.0977. The fourth-order valence-corrected chi connectivity index (χ4v) is 6.23. The first-order chi connectivity index (χ1) is 16.8. The number of hydrogen-bond donors (Lipinski definition) is 7. The van der Waals surface area contributed by atoms with Gasteiger partial charge in [0.15, 0.2) is 0 Å². The summed E-state index contributed by atoms with van der Waals surface area (Å²) in [6, 6.07) is 0. The third kappa shape index (κ3) is 11.2. The first-order valence-electron chi connectivity index (χ1n) is 9.78. The van der Waals surface area contributed by atoms with Crippen molar-refractivity contribution in [2.24, 2.45) is 5.92 Å². The van der Waals surface area contributed by atoms with Gasteiger partial charge < -0.3 is 39.8 Å². The number of hydrogen-bond acceptors (Lipinski definition) is 12. The van der Waals surface area contributed by atoms with Crippen molar-refractivity contribution in [1.82, 2.24) is 9.55 Å². The highest BCUT2D eigenvalue weighted by molar-refractivity contribution is 7.66. The van der Waals surface area contributed by atoms with E-state index in [2.05, 4.69) is 34.5 Å². The summed E-state index contributed by atoms with van der Waals surface area (Å²) >= 11 is 0.